The number of rotatable bonds is 7. The first-order valence-corrected chi connectivity index (χ1v) is 31.0. The molecule has 12 rings (SSSR count). The van der Waals surface area contributed by atoms with Crippen LogP contribution in [0.15, 0.2) is 170 Å². The second-order valence-electron chi connectivity index (χ2n) is 30.0. The Kier molecular flexibility index (Phi) is 13.5. The van der Waals surface area contributed by atoms with E-state index in [4.69, 9.17) is 9.72 Å². The van der Waals surface area contributed by atoms with Crippen molar-refractivity contribution in [1.82, 2.24) is 9.55 Å². The Hall–Kier alpha value is -7.67. The van der Waals surface area contributed by atoms with Crippen molar-refractivity contribution in [3.63, 3.8) is 0 Å². The molecule has 0 radical (unpaired) electrons. The summed E-state index contributed by atoms with van der Waals surface area (Å²) in [7, 11) is 0. The Labute approximate surface area is 504 Å². The van der Waals surface area contributed by atoms with Crippen LogP contribution in [0, 0.1) is 0 Å². The highest BCUT2D eigenvalue weighted by Gasteiger charge is 2.35. The van der Waals surface area contributed by atoms with E-state index in [-0.39, 0.29) is 32.5 Å². The molecule has 0 saturated heterocycles. The second kappa shape index (κ2) is 20.0. The highest BCUT2D eigenvalue weighted by molar-refractivity contribution is 7.26. The molecule has 4 heterocycles. The maximum Gasteiger partial charge on any atom is 0.137 e. The average molecular weight is 1130 g/mol. The molecule has 84 heavy (non-hydrogen) atoms. The highest BCUT2D eigenvalue weighted by atomic mass is 32.1. The number of hydrogen-bond donors (Lipinski definition) is 0. The van der Waals surface area contributed by atoms with E-state index in [9.17, 15) is 0 Å². The molecule has 0 fully saturated rings. The van der Waals surface area contributed by atoms with E-state index >= 15 is 0 Å². The van der Waals surface area contributed by atoms with Crippen LogP contribution in [0.5, 0.6) is 11.5 Å². The summed E-state index contributed by atoms with van der Waals surface area (Å²) in [5, 5.41) is 4.98. The molecule has 0 unspecified atom stereocenters. The van der Waals surface area contributed by atoms with Crippen LogP contribution in [0.3, 0.4) is 0 Å². The van der Waals surface area contributed by atoms with E-state index in [1.54, 1.807) is 0 Å². The van der Waals surface area contributed by atoms with Crippen molar-refractivity contribution >= 4 is 76.1 Å². The molecule has 0 N–H and O–H groups in total. The molecule has 0 amide bonds. The molecule has 1 aliphatic rings. The fourth-order valence-electron chi connectivity index (χ4n) is 12.2. The van der Waals surface area contributed by atoms with Crippen LogP contribution in [0.25, 0.3) is 70.0 Å². The Morgan fingerprint density at radius 1 is 0.405 bits per heavy atom. The van der Waals surface area contributed by atoms with Gasteiger partial charge >= 0.3 is 0 Å². The van der Waals surface area contributed by atoms with E-state index in [0.717, 1.165) is 45.4 Å². The predicted octanol–water partition coefficient (Wildman–Crippen LogP) is 22.7. The lowest BCUT2D eigenvalue weighted by Gasteiger charge is -2.32. The molecule has 3 aromatic heterocycles. The molecule has 11 aromatic rings. The quantitative estimate of drug-likeness (QED) is 0.159. The van der Waals surface area contributed by atoms with Gasteiger partial charge in [0.1, 0.15) is 24.0 Å². The van der Waals surface area contributed by atoms with E-state index < -0.39 is 0 Å². The number of ether oxygens (including phenoxy) is 1. The number of fused-ring (bicyclic) bond motifs is 8. The molecule has 0 aliphatic carbocycles. The van der Waals surface area contributed by atoms with E-state index in [1.165, 1.54) is 92.3 Å². The molecule has 8 aromatic carbocycles. The Morgan fingerprint density at radius 3 is 1.49 bits per heavy atom. The monoisotopic (exact) mass is 1120 g/mol. The maximum absolute atomic E-state index is 7.07. The Bertz CT molecular complexity index is 4230. The topological polar surface area (TPSA) is 33.5 Å². The van der Waals surface area contributed by atoms with Crippen molar-refractivity contribution in [2.24, 2.45) is 0 Å². The van der Waals surface area contributed by atoms with Crippen molar-refractivity contribution < 1.29 is 4.74 Å². The van der Waals surface area contributed by atoms with Gasteiger partial charge < -0.3 is 14.5 Å². The van der Waals surface area contributed by atoms with Gasteiger partial charge in [0.15, 0.2) is 0 Å². The molecule has 0 saturated carbocycles. The number of aromatic nitrogens is 2. The third-order valence-corrected chi connectivity index (χ3v) is 18.6. The van der Waals surface area contributed by atoms with Crippen molar-refractivity contribution in [2.45, 2.75) is 157 Å². The zero-order valence-corrected chi connectivity index (χ0v) is 53.8. The maximum atomic E-state index is 7.07. The zero-order valence-electron chi connectivity index (χ0n) is 53.0. The lowest BCUT2D eigenvalue weighted by atomic mass is 9.76. The summed E-state index contributed by atoms with van der Waals surface area (Å²) in [6.07, 6.45) is 1.96. The standard InChI is InChI=1S/C78H84N4OS/c1-73(2,3)50-34-35-79-69(44-50)82-66-33-32-60-59-26-19-22-29-68(59)84-72(60)70(66)61-31-30-58(46-67(61)82)83-57-25-23-24-56(45-57)80-47-81(65-28-21-20-27-64(65)80)71-62(48-36-51(74(4,5)6)40-52(37-48)75(7,8)9)42-55(78(16,17)18)43-63(71)49-38-53(76(10,11)12)41-54(39-49)77(13,14)15/h19-46H,47H2,1-18H3. The van der Waals surface area contributed by atoms with Crippen LogP contribution in [-0.2, 0) is 32.5 Å². The molecular formula is C78H84N4OS. The van der Waals surface area contributed by atoms with Gasteiger partial charge in [-0.25, -0.2) is 4.98 Å². The lowest BCUT2D eigenvalue weighted by Crippen LogP contribution is -2.25. The number of benzene rings is 8. The zero-order chi connectivity index (χ0) is 59.8. The van der Waals surface area contributed by atoms with Gasteiger partial charge in [0.25, 0.3) is 0 Å². The minimum absolute atomic E-state index is 0.0504. The largest absolute Gasteiger partial charge is 0.457 e. The minimum Gasteiger partial charge on any atom is -0.457 e. The van der Waals surface area contributed by atoms with Crippen LogP contribution in [0.4, 0.5) is 22.7 Å². The predicted molar refractivity (Wildman–Crippen MR) is 363 cm³/mol. The van der Waals surface area contributed by atoms with Crippen LogP contribution in [0.1, 0.15) is 158 Å². The summed E-state index contributed by atoms with van der Waals surface area (Å²) < 4.78 is 12.0. The number of para-hydroxylation sites is 2. The number of anilines is 4. The van der Waals surface area contributed by atoms with Gasteiger partial charge in [-0.05, 0) is 150 Å². The molecule has 5 nitrogen and oxygen atoms in total. The first kappa shape index (κ1) is 56.8. The van der Waals surface area contributed by atoms with Crippen molar-refractivity contribution in [2.75, 3.05) is 16.5 Å². The summed E-state index contributed by atoms with van der Waals surface area (Å²) in [6, 6.07) is 61.9. The number of nitrogens with zero attached hydrogens (tertiary/aromatic N) is 4. The van der Waals surface area contributed by atoms with E-state index in [2.05, 4.69) is 303 Å². The van der Waals surface area contributed by atoms with Gasteiger partial charge in [0, 0.05) is 66.1 Å². The smallest absolute Gasteiger partial charge is 0.137 e. The third kappa shape index (κ3) is 10.4. The van der Waals surface area contributed by atoms with Crippen LogP contribution in [-0.4, -0.2) is 16.2 Å². The van der Waals surface area contributed by atoms with Crippen molar-refractivity contribution in [1.29, 1.82) is 0 Å². The molecule has 428 valence electrons. The molecule has 1 aliphatic heterocycles. The van der Waals surface area contributed by atoms with Gasteiger partial charge in [0.2, 0.25) is 0 Å². The lowest BCUT2D eigenvalue weighted by molar-refractivity contribution is 0.483. The Balaban J connectivity index is 1.02. The normalized spacial score (nSPS) is 13.7. The van der Waals surface area contributed by atoms with Crippen molar-refractivity contribution in [3.05, 3.63) is 203 Å². The molecular weight excluding hydrogens is 1040 g/mol. The van der Waals surface area contributed by atoms with Gasteiger partial charge in [-0.1, -0.05) is 203 Å². The summed E-state index contributed by atoms with van der Waals surface area (Å²) in [5.41, 5.74) is 19.1. The number of thiophene rings is 1. The van der Waals surface area contributed by atoms with Crippen LogP contribution < -0.4 is 14.5 Å². The third-order valence-electron chi connectivity index (χ3n) is 17.4. The second-order valence-corrected chi connectivity index (χ2v) is 31.0. The molecule has 0 spiro atoms. The fourth-order valence-corrected chi connectivity index (χ4v) is 13.4. The molecule has 6 heteroatoms. The highest BCUT2D eigenvalue weighted by Crippen LogP contribution is 2.54. The molecule has 0 atom stereocenters. The number of pyridine rings is 1. The summed E-state index contributed by atoms with van der Waals surface area (Å²) in [5.74, 6) is 2.43. The SMILES string of the molecule is CC(C)(C)c1cc(-c2cc(C(C)(C)C)cc(-c3cc(C(C)(C)C)cc(C(C)(C)C)c3)c2N2CN(c3cccc(Oc4ccc5c6c7sc8ccccc8c7ccc6n(-c6cc(C(C)(C)C)ccn6)c5c4)c3)c3ccccc32)cc(C(C)(C)C)c1. The summed E-state index contributed by atoms with van der Waals surface area (Å²) >= 11 is 1.87. The molecule has 0 bridgehead atoms. The fraction of sp³-hybridized carbons (Fsp3) is 0.321. The minimum atomic E-state index is -0.137. The van der Waals surface area contributed by atoms with Crippen LogP contribution in [0.2, 0.25) is 0 Å². The van der Waals surface area contributed by atoms with Gasteiger partial charge in [-0.2, -0.15) is 0 Å². The van der Waals surface area contributed by atoms with Gasteiger partial charge in [-0.3, -0.25) is 4.57 Å². The summed E-state index contributed by atoms with van der Waals surface area (Å²) in [6.45, 7) is 42.6. The van der Waals surface area contributed by atoms with Gasteiger partial charge in [0.05, 0.1) is 28.1 Å². The summed E-state index contributed by atoms with van der Waals surface area (Å²) in [4.78, 5) is 10.1. The Morgan fingerprint density at radius 2 is 0.917 bits per heavy atom. The average Bonchev–Trinajstić information content (AvgIpc) is 1.57. The van der Waals surface area contributed by atoms with E-state index in [1.807, 2.05) is 17.5 Å². The van der Waals surface area contributed by atoms with Crippen molar-refractivity contribution in [3.8, 4) is 39.6 Å². The van der Waals surface area contributed by atoms with Crippen LogP contribution >= 0.6 is 11.3 Å². The van der Waals surface area contributed by atoms with Gasteiger partial charge in [-0.15, -0.1) is 11.3 Å². The van der Waals surface area contributed by atoms with E-state index in [0.29, 0.717) is 6.67 Å². The first-order chi connectivity index (χ1) is 39.4. The first-order valence-electron chi connectivity index (χ1n) is 30.2. The number of hydrogen-bond acceptors (Lipinski definition) is 5.